The number of hydrogen-bond donors (Lipinski definition) is 1. The Balaban J connectivity index is 1.56. The lowest BCUT2D eigenvalue weighted by molar-refractivity contribution is 0.149. The lowest BCUT2D eigenvalue weighted by atomic mass is 9.95. The number of aliphatic hydroxyl groups is 1. The van der Waals surface area contributed by atoms with Crippen LogP contribution in [-0.4, -0.2) is 54.2 Å². The van der Waals surface area contributed by atoms with E-state index in [-0.39, 0.29) is 0 Å². The van der Waals surface area contributed by atoms with Crippen LogP contribution in [0.25, 0.3) is 0 Å². The standard InChI is InChI=1S/C18H27ClN2O/c19-18-6-4-5-15(9-18)10-21-12-16(17(13-21)14-22)11-20-7-2-1-3-8-20/h4-6,9,16-17,22H,1-3,7-8,10-14H2/t16-,17-/m1/s1. The number of hydrogen-bond acceptors (Lipinski definition) is 3. The fraction of sp³-hybridized carbons (Fsp3) is 0.667. The van der Waals surface area contributed by atoms with Gasteiger partial charge in [-0.3, -0.25) is 4.90 Å². The number of likely N-dealkylation sites (tertiary alicyclic amines) is 2. The maximum absolute atomic E-state index is 9.73. The first-order valence-corrected chi connectivity index (χ1v) is 8.92. The molecule has 2 fully saturated rings. The molecule has 0 unspecified atom stereocenters. The number of rotatable bonds is 5. The number of benzene rings is 1. The fourth-order valence-corrected chi connectivity index (χ4v) is 4.16. The Hall–Kier alpha value is -0.610. The Bertz CT molecular complexity index is 476. The van der Waals surface area contributed by atoms with Crippen LogP contribution in [0, 0.1) is 11.8 Å². The molecule has 3 nitrogen and oxygen atoms in total. The summed E-state index contributed by atoms with van der Waals surface area (Å²) in [5.74, 6) is 1.02. The zero-order valence-electron chi connectivity index (χ0n) is 13.3. The van der Waals surface area contributed by atoms with E-state index in [1.54, 1.807) is 0 Å². The van der Waals surface area contributed by atoms with Crippen LogP contribution >= 0.6 is 11.6 Å². The highest BCUT2D eigenvalue weighted by Crippen LogP contribution is 2.27. The summed E-state index contributed by atoms with van der Waals surface area (Å²) in [6.07, 6.45) is 4.05. The summed E-state index contributed by atoms with van der Waals surface area (Å²) in [5, 5.41) is 10.5. The molecule has 1 N–H and O–H groups in total. The molecule has 3 rings (SSSR count). The third-order valence-corrected chi connectivity index (χ3v) is 5.36. The second-order valence-electron chi connectivity index (χ2n) is 6.89. The Morgan fingerprint density at radius 3 is 2.55 bits per heavy atom. The minimum Gasteiger partial charge on any atom is -0.396 e. The Labute approximate surface area is 138 Å². The van der Waals surface area contributed by atoms with Crippen molar-refractivity contribution < 1.29 is 5.11 Å². The molecule has 4 heteroatoms. The average Bonchev–Trinajstić information content (AvgIpc) is 2.90. The lowest BCUT2D eigenvalue weighted by Crippen LogP contribution is -2.37. The van der Waals surface area contributed by atoms with Crippen molar-refractivity contribution in [1.82, 2.24) is 9.80 Å². The Kier molecular flexibility index (Phi) is 5.75. The normalized spacial score (nSPS) is 27.4. The second-order valence-corrected chi connectivity index (χ2v) is 7.32. The molecular formula is C18H27ClN2O. The highest BCUT2D eigenvalue weighted by atomic mass is 35.5. The monoisotopic (exact) mass is 322 g/mol. The lowest BCUT2D eigenvalue weighted by Gasteiger charge is -2.30. The highest BCUT2D eigenvalue weighted by Gasteiger charge is 2.33. The smallest absolute Gasteiger partial charge is 0.0475 e. The second kappa shape index (κ2) is 7.78. The zero-order valence-corrected chi connectivity index (χ0v) is 14.0. The van der Waals surface area contributed by atoms with Crippen LogP contribution in [0.5, 0.6) is 0 Å². The van der Waals surface area contributed by atoms with E-state index >= 15 is 0 Å². The molecule has 2 aliphatic heterocycles. The van der Waals surface area contributed by atoms with E-state index in [4.69, 9.17) is 11.6 Å². The third-order valence-electron chi connectivity index (χ3n) is 5.12. The molecule has 2 saturated heterocycles. The maximum atomic E-state index is 9.73. The average molecular weight is 323 g/mol. The first-order chi connectivity index (χ1) is 10.7. The predicted molar refractivity (Wildman–Crippen MR) is 91.1 cm³/mol. The molecule has 0 saturated carbocycles. The van der Waals surface area contributed by atoms with E-state index in [0.717, 1.165) is 31.2 Å². The predicted octanol–water partition coefficient (Wildman–Crippen LogP) is 2.87. The SMILES string of the molecule is OC[C@H]1CN(Cc2cccc(Cl)c2)C[C@H]1CN1CCCCC1. The summed E-state index contributed by atoms with van der Waals surface area (Å²) in [7, 11) is 0. The van der Waals surface area contributed by atoms with Crippen molar-refractivity contribution in [2.45, 2.75) is 25.8 Å². The van der Waals surface area contributed by atoms with Crippen LogP contribution < -0.4 is 0 Å². The Morgan fingerprint density at radius 1 is 1.05 bits per heavy atom. The number of halogens is 1. The summed E-state index contributed by atoms with van der Waals surface area (Å²) >= 11 is 6.08. The maximum Gasteiger partial charge on any atom is 0.0475 e. The molecule has 0 aliphatic carbocycles. The number of aliphatic hydroxyl groups excluding tert-OH is 1. The Morgan fingerprint density at radius 2 is 1.82 bits per heavy atom. The van der Waals surface area contributed by atoms with Crippen molar-refractivity contribution in [3.05, 3.63) is 34.9 Å². The van der Waals surface area contributed by atoms with Gasteiger partial charge in [-0.25, -0.2) is 0 Å². The van der Waals surface area contributed by atoms with Crippen LogP contribution in [0.3, 0.4) is 0 Å². The van der Waals surface area contributed by atoms with Crippen molar-refractivity contribution in [3.8, 4) is 0 Å². The van der Waals surface area contributed by atoms with Crippen molar-refractivity contribution >= 4 is 11.6 Å². The molecule has 0 bridgehead atoms. The summed E-state index contributed by atoms with van der Waals surface area (Å²) in [6, 6.07) is 8.12. The molecule has 2 atom stereocenters. The van der Waals surface area contributed by atoms with E-state index in [1.807, 2.05) is 18.2 Å². The number of piperidine rings is 1. The van der Waals surface area contributed by atoms with Gasteiger partial charge in [-0.1, -0.05) is 30.2 Å². The van der Waals surface area contributed by atoms with Gasteiger partial charge in [0.05, 0.1) is 0 Å². The molecular weight excluding hydrogens is 296 g/mol. The van der Waals surface area contributed by atoms with E-state index < -0.39 is 0 Å². The summed E-state index contributed by atoms with van der Waals surface area (Å²) in [4.78, 5) is 5.07. The topological polar surface area (TPSA) is 26.7 Å². The number of nitrogens with zero attached hydrogens (tertiary/aromatic N) is 2. The molecule has 122 valence electrons. The van der Waals surface area contributed by atoms with Crippen molar-refractivity contribution in [3.63, 3.8) is 0 Å². The zero-order chi connectivity index (χ0) is 15.4. The molecule has 2 heterocycles. The van der Waals surface area contributed by atoms with Gasteiger partial charge in [0.25, 0.3) is 0 Å². The van der Waals surface area contributed by atoms with Crippen LogP contribution in [0.15, 0.2) is 24.3 Å². The van der Waals surface area contributed by atoms with Gasteiger partial charge in [0.15, 0.2) is 0 Å². The minimum absolute atomic E-state index is 0.310. The van der Waals surface area contributed by atoms with Crippen LogP contribution in [-0.2, 0) is 6.54 Å². The van der Waals surface area contributed by atoms with E-state index in [1.165, 1.54) is 37.9 Å². The van der Waals surface area contributed by atoms with Gasteiger partial charge in [-0.05, 0) is 55.5 Å². The van der Waals surface area contributed by atoms with Gasteiger partial charge in [0.2, 0.25) is 0 Å². The molecule has 0 radical (unpaired) electrons. The minimum atomic E-state index is 0.310. The fourth-order valence-electron chi connectivity index (χ4n) is 3.95. The van der Waals surface area contributed by atoms with Gasteiger partial charge in [0, 0.05) is 37.8 Å². The largest absolute Gasteiger partial charge is 0.396 e. The van der Waals surface area contributed by atoms with Gasteiger partial charge >= 0.3 is 0 Å². The molecule has 0 amide bonds. The molecule has 2 aliphatic rings. The van der Waals surface area contributed by atoms with Crippen molar-refractivity contribution in [2.24, 2.45) is 11.8 Å². The quantitative estimate of drug-likeness (QED) is 0.903. The molecule has 1 aromatic rings. The first-order valence-electron chi connectivity index (χ1n) is 8.54. The van der Waals surface area contributed by atoms with Gasteiger partial charge < -0.3 is 10.0 Å². The van der Waals surface area contributed by atoms with Gasteiger partial charge in [-0.15, -0.1) is 0 Å². The van der Waals surface area contributed by atoms with E-state index in [0.29, 0.717) is 18.4 Å². The summed E-state index contributed by atoms with van der Waals surface area (Å²) in [5.41, 5.74) is 1.27. The van der Waals surface area contributed by atoms with E-state index in [2.05, 4.69) is 15.9 Å². The van der Waals surface area contributed by atoms with Crippen LogP contribution in [0.2, 0.25) is 5.02 Å². The van der Waals surface area contributed by atoms with Gasteiger partial charge in [-0.2, -0.15) is 0 Å². The highest BCUT2D eigenvalue weighted by molar-refractivity contribution is 6.30. The molecule has 1 aromatic carbocycles. The summed E-state index contributed by atoms with van der Waals surface area (Å²) < 4.78 is 0. The van der Waals surface area contributed by atoms with Crippen LogP contribution in [0.4, 0.5) is 0 Å². The molecule has 0 spiro atoms. The third kappa shape index (κ3) is 4.23. The van der Waals surface area contributed by atoms with Crippen molar-refractivity contribution in [1.29, 1.82) is 0 Å². The molecule has 0 aromatic heterocycles. The van der Waals surface area contributed by atoms with Crippen LogP contribution in [0.1, 0.15) is 24.8 Å². The van der Waals surface area contributed by atoms with Gasteiger partial charge in [0.1, 0.15) is 0 Å². The van der Waals surface area contributed by atoms with E-state index in [9.17, 15) is 5.11 Å². The first kappa shape index (κ1) is 16.3. The molecule has 22 heavy (non-hydrogen) atoms. The van der Waals surface area contributed by atoms with Crippen molar-refractivity contribution in [2.75, 3.05) is 39.3 Å². The summed E-state index contributed by atoms with van der Waals surface area (Å²) in [6.45, 7) is 6.97.